The predicted molar refractivity (Wildman–Crippen MR) is 136 cm³/mol. The number of aryl methyl sites for hydroxylation is 1. The Morgan fingerprint density at radius 2 is 1.78 bits per heavy atom. The molecule has 2 heterocycles. The average molecular weight is 498 g/mol. The molecule has 1 saturated heterocycles. The third-order valence-corrected chi connectivity index (χ3v) is 6.21. The van der Waals surface area contributed by atoms with Crippen molar-refractivity contribution < 1.29 is 29.0 Å². The lowest BCUT2D eigenvalue weighted by molar-refractivity contribution is -0.139. The van der Waals surface area contributed by atoms with Gasteiger partial charge in [-0.1, -0.05) is 12.1 Å². The number of carbonyl (C=O) groups is 3. The van der Waals surface area contributed by atoms with E-state index in [9.17, 15) is 19.5 Å². The molecule has 2 aromatic rings. The van der Waals surface area contributed by atoms with Crippen molar-refractivity contribution in [2.75, 3.05) is 40.4 Å². The van der Waals surface area contributed by atoms with Gasteiger partial charge in [0.15, 0.2) is 0 Å². The molecule has 1 unspecified atom stereocenters. The van der Waals surface area contributed by atoms with E-state index in [1.54, 1.807) is 45.0 Å². The number of nitrogens with one attached hydrogen (secondary N) is 1. The summed E-state index contributed by atoms with van der Waals surface area (Å²) in [6, 6.07) is 6.39. The van der Waals surface area contributed by atoms with Crippen molar-refractivity contribution in [3.63, 3.8) is 0 Å². The van der Waals surface area contributed by atoms with Crippen LogP contribution in [-0.4, -0.2) is 77.9 Å². The second-order valence-corrected chi connectivity index (χ2v) is 9.00. The Morgan fingerprint density at radius 3 is 2.36 bits per heavy atom. The highest BCUT2D eigenvalue weighted by Crippen LogP contribution is 2.41. The summed E-state index contributed by atoms with van der Waals surface area (Å²) < 4.78 is 10.7. The van der Waals surface area contributed by atoms with Gasteiger partial charge in [-0.3, -0.25) is 9.59 Å². The van der Waals surface area contributed by atoms with Crippen molar-refractivity contribution in [3.8, 4) is 5.75 Å². The standard InChI is InChI=1S/C27H35N3O6/c1-7-35-19-12-10-18(11-13-19)23-21(25(32)26(33)30(23)15-9-14-29(5)6)24(31)20-16(3)22(28-17(20)4)27(34)36-8-2/h10-13,23,28,31H,7-9,14-15H2,1-6H3. The number of aromatic nitrogens is 1. The Balaban J connectivity index is 2.14. The maximum atomic E-state index is 13.3. The van der Waals surface area contributed by atoms with Crippen LogP contribution in [-0.2, 0) is 14.3 Å². The van der Waals surface area contributed by atoms with E-state index >= 15 is 0 Å². The number of ether oxygens (including phenoxy) is 2. The summed E-state index contributed by atoms with van der Waals surface area (Å²) in [6.45, 7) is 8.75. The van der Waals surface area contributed by atoms with Crippen LogP contribution in [0.3, 0.4) is 0 Å². The van der Waals surface area contributed by atoms with Crippen LogP contribution in [0.5, 0.6) is 5.75 Å². The number of aliphatic hydroxyl groups excluding tert-OH is 1. The number of aliphatic hydroxyl groups is 1. The van der Waals surface area contributed by atoms with Gasteiger partial charge in [-0.2, -0.15) is 0 Å². The molecule has 9 nitrogen and oxygen atoms in total. The summed E-state index contributed by atoms with van der Waals surface area (Å²) in [4.78, 5) is 45.3. The molecule has 0 bridgehead atoms. The SMILES string of the molecule is CCOC(=O)c1[nH]c(C)c(C(O)=C2C(=O)C(=O)N(CCCN(C)C)C2c2ccc(OCC)cc2)c1C. The molecule has 1 atom stereocenters. The molecule has 0 radical (unpaired) electrons. The zero-order chi connectivity index (χ0) is 26.6. The first-order valence-electron chi connectivity index (χ1n) is 12.1. The molecule has 1 aliphatic rings. The van der Waals surface area contributed by atoms with Gasteiger partial charge in [-0.15, -0.1) is 0 Å². The highest BCUT2D eigenvalue weighted by atomic mass is 16.5. The number of amides is 1. The second-order valence-electron chi connectivity index (χ2n) is 9.00. The molecule has 0 spiro atoms. The fourth-order valence-electron chi connectivity index (χ4n) is 4.57. The van der Waals surface area contributed by atoms with Crippen LogP contribution in [0.1, 0.15) is 59.2 Å². The van der Waals surface area contributed by atoms with Crippen molar-refractivity contribution in [3.05, 3.63) is 57.9 Å². The third-order valence-electron chi connectivity index (χ3n) is 6.21. The normalized spacial score (nSPS) is 17.2. The minimum Gasteiger partial charge on any atom is -0.507 e. The Kier molecular flexibility index (Phi) is 8.57. The van der Waals surface area contributed by atoms with Crippen molar-refractivity contribution in [2.24, 2.45) is 0 Å². The molecule has 0 saturated carbocycles. The van der Waals surface area contributed by atoms with Gasteiger partial charge in [0.2, 0.25) is 0 Å². The van der Waals surface area contributed by atoms with Crippen LogP contribution in [0, 0.1) is 13.8 Å². The zero-order valence-electron chi connectivity index (χ0n) is 21.8. The quantitative estimate of drug-likeness (QED) is 0.223. The molecule has 1 fully saturated rings. The maximum Gasteiger partial charge on any atom is 0.355 e. The zero-order valence-corrected chi connectivity index (χ0v) is 21.8. The number of Topliss-reactive ketones (excluding diaryl/α,β-unsaturated/α-hetero) is 1. The number of hydrogen-bond donors (Lipinski definition) is 2. The summed E-state index contributed by atoms with van der Waals surface area (Å²) >= 11 is 0. The first kappa shape index (κ1) is 27.0. The van der Waals surface area contributed by atoms with Gasteiger partial charge in [0, 0.05) is 17.8 Å². The van der Waals surface area contributed by atoms with Crippen molar-refractivity contribution in [1.82, 2.24) is 14.8 Å². The van der Waals surface area contributed by atoms with Gasteiger partial charge in [0.25, 0.3) is 11.7 Å². The number of likely N-dealkylation sites (tertiary alicyclic amines) is 1. The van der Waals surface area contributed by atoms with Crippen LogP contribution in [0.2, 0.25) is 0 Å². The van der Waals surface area contributed by atoms with Gasteiger partial charge in [0.05, 0.1) is 24.8 Å². The van der Waals surface area contributed by atoms with Crippen molar-refractivity contribution in [2.45, 2.75) is 40.2 Å². The maximum absolute atomic E-state index is 13.3. The van der Waals surface area contributed by atoms with Gasteiger partial charge in [0.1, 0.15) is 17.2 Å². The first-order valence-corrected chi connectivity index (χ1v) is 12.1. The molecule has 36 heavy (non-hydrogen) atoms. The fraction of sp³-hybridized carbons (Fsp3) is 0.444. The molecule has 1 aromatic heterocycles. The molecule has 1 aromatic carbocycles. The summed E-state index contributed by atoms with van der Waals surface area (Å²) in [5.74, 6) is -1.62. The van der Waals surface area contributed by atoms with Crippen molar-refractivity contribution >= 4 is 23.4 Å². The largest absolute Gasteiger partial charge is 0.507 e. The molecule has 9 heteroatoms. The smallest absolute Gasteiger partial charge is 0.355 e. The lowest BCUT2D eigenvalue weighted by Gasteiger charge is -2.26. The van der Waals surface area contributed by atoms with Gasteiger partial charge < -0.3 is 29.4 Å². The van der Waals surface area contributed by atoms with E-state index in [0.29, 0.717) is 47.7 Å². The number of rotatable bonds is 10. The number of ketones is 1. The van der Waals surface area contributed by atoms with Gasteiger partial charge >= 0.3 is 5.97 Å². The van der Waals surface area contributed by atoms with E-state index < -0.39 is 23.7 Å². The molecule has 3 rings (SSSR count). The van der Waals surface area contributed by atoms with Crippen molar-refractivity contribution in [1.29, 1.82) is 0 Å². The summed E-state index contributed by atoms with van der Waals surface area (Å²) in [5, 5.41) is 11.5. The number of aromatic amines is 1. The Morgan fingerprint density at radius 1 is 1.11 bits per heavy atom. The van der Waals surface area contributed by atoms with Crippen LogP contribution in [0.4, 0.5) is 0 Å². The van der Waals surface area contributed by atoms with Gasteiger partial charge in [-0.05, 0) is 78.0 Å². The average Bonchev–Trinajstić information content (AvgIpc) is 3.27. The van der Waals surface area contributed by atoms with E-state index in [1.165, 1.54) is 4.90 Å². The Bertz CT molecular complexity index is 1160. The minimum absolute atomic E-state index is 0.00498. The van der Waals surface area contributed by atoms with E-state index in [2.05, 4.69) is 4.98 Å². The third kappa shape index (κ3) is 5.31. The van der Waals surface area contributed by atoms with Gasteiger partial charge in [-0.25, -0.2) is 4.79 Å². The van der Waals surface area contributed by atoms with E-state index in [1.807, 2.05) is 25.9 Å². The Labute approximate surface area is 211 Å². The number of carbonyl (C=O) groups excluding carboxylic acids is 3. The molecule has 0 aliphatic carbocycles. The summed E-state index contributed by atoms with van der Waals surface area (Å²) in [7, 11) is 3.88. The lowest BCUT2D eigenvalue weighted by atomic mass is 9.94. The van der Waals surface area contributed by atoms with Crippen LogP contribution < -0.4 is 4.74 Å². The predicted octanol–water partition coefficient (Wildman–Crippen LogP) is 3.58. The first-order chi connectivity index (χ1) is 17.1. The minimum atomic E-state index is -0.775. The molecule has 1 amide bonds. The number of H-pyrrole nitrogens is 1. The summed E-state index contributed by atoms with van der Waals surface area (Å²) in [5.41, 5.74) is 2.15. The molecular formula is C27H35N3O6. The molecule has 2 N–H and O–H groups in total. The number of esters is 1. The van der Waals surface area contributed by atoms with E-state index in [-0.39, 0.29) is 23.6 Å². The number of nitrogens with zero attached hydrogens (tertiary/aromatic N) is 2. The number of benzene rings is 1. The molecule has 1 aliphatic heterocycles. The topological polar surface area (TPSA) is 112 Å². The molecule has 194 valence electrons. The molecular weight excluding hydrogens is 462 g/mol. The Hall–Kier alpha value is -3.59. The summed E-state index contributed by atoms with van der Waals surface area (Å²) in [6.07, 6.45) is 0.656. The van der Waals surface area contributed by atoms with Crippen LogP contribution >= 0.6 is 0 Å². The highest BCUT2D eigenvalue weighted by molar-refractivity contribution is 6.46. The lowest BCUT2D eigenvalue weighted by Crippen LogP contribution is -2.32. The van der Waals surface area contributed by atoms with E-state index in [0.717, 1.165) is 6.54 Å². The van der Waals surface area contributed by atoms with E-state index in [4.69, 9.17) is 9.47 Å². The van der Waals surface area contributed by atoms with Crippen LogP contribution in [0.15, 0.2) is 29.8 Å². The monoisotopic (exact) mass is 497 g/mol. The highest BCUT2D eigenvalue weighted by Gasteiger charge is 2.46. The number of hydrogen-bond acceptors (Lipinski definition) is 7. The fourth-order valence-corrected chi connectivity index (χ4v) is 4.57. The second kappa shape index (κ2) is 11.4. The van der Waals surface area contributed by atoms with Crippen LogP contribution in [0.25, 0.3) is 5.76 Å².